The van der Waals surface area contributed by atoms with Crippen molar-refractivity contribution in [1.82, 2.24) is 0 Å². The van der Waals surface area contributed by atoms with Gasteiger partial charge in [-0.15, -0.1) is 12.4 Å². The van der Waals surface area contributed by atoms with Gasteiger partial charge in [0.05, 0.1) is 0 Å². The Kier molecular flexibility index (Phi) is 6.79. The lowest BCUT2D eigenvalue weighted by Gasteiger charge is -2.19. The summed E-state index contributed by atoms with van der Waals surface area (Å²) in [5.74, 6) is -0.0696. The Bertz CT molecular complexity index is 618. The Morgan fingerprint density at radius 3 is 2.13 bits per heavy atom. The second kappa shape index (κ2) is 8.14. The summed E-state index contributed by atoms with van der Waals surface area (Å²) in [4.78, 5) is 12.1. The third kappa shape index (κ3) is 5.70. The molecule has 1 amide bonds. The lowest BCUT2D eigenvalue weighted by molar-refractivity contribution is -0.116. The molecule has 4 heteroatoms. The van der Waals surface area contributed by atoms with E-state index >= 15 is 0 Å². The zero-order valence-electron chi connectivity index (χ0n) is 13.9. The number of halogens is 1. The number of nitrogens with one attached hydrogen (secondary N) is 1. The standard InChI is InChI=1S/C19H24N2O.ClH/c1-19(2,3)15-9-11-16(12-10-15)21-18(22)13-17(20)14-7-5-4-6-8-14;/h4-12,17H,13,20H2,1-3H3,(H,21,22);1H. The summed E-state index contributed by atoms with van der Waals surface area (Å²) in [7, 11) is 0. The molecule has 0 spiro atoms. The van der Waals surface area contributed by atoms with E-state index in [0.717, 1.165) is 11.3 Å². The Hall–Kier alpha value is -1.84. The van der Waals surface area contributed by atoms with Crippen molar-refractivity contribution >= 4 is 24.0 Å². The smallest absolute Gasteiger partial charge is 0.226 e. The molecule has 0 aliphatic rings. The van der Waals surface area contributed by atoms with E-state index in [1.54, 1.807) is 0 Å². The van der Waals surface area contributed by atoms with Crippen LogP contribution < -0.4 is 11.1 Å². The molecule has 0 saturated carbocycles. The van der Waals surface area contributed by atoms with Gasteiger partial charge in [-0.05, 0) is 28.7 Å². The van der Waals surface area contributed by atoms with Crippen LogP contribution in [0.15, 0.2) is 54.6 Å². The van der Waals surface area contributed by atoms with E-state index < -0.39 is 0 Å². The second-order valence-corrected chi connectivity index (χ2v) is 6.60. The molecule has 0 radical (unpaired) electrons. The van der Waals surface area contributed by atoms with Gasteiger partial charge in [0, 0.05) is 18.2 Å². The number of hydrogen-bond acceptors (Lipinski definition) is 2. The first-order valence-corrected chi connectivity index (χ1v) is 7.57. The molecular formula is C19H25ClN2O. The topological polar surface area (TPSA) is 55.1 Å². The highest BCUT2D eigenvalue weighted by Gasteiger charge is 2.14. The van der Waals surface area contributed by atoms with Crippen LogP contribution in [0.5, 0.6) is 0 Å². The fourth-order valence-electron chi connectivity index (χ4n) is 2.28. The lowest BCUT2D eigenvalue weighted by Crippen LogP contribution is -2.20. The van der Waals surface area contributed by atoms with Gasteiger partial charge in [-0.25, -0.2) is 0 Å². The molecule has 0 fully saturated rings. The Morgan fingerprint density at radius 1 is 1.04 bits per heavy atom. The Morgan fingerprint density at radius 2 is 1.61 bits per heavy atom. The summed E-state index contributed by atoms with van der Waals surface area (Å²) < 4.78 is 0. The van der Waals surface area contributed by atoms with Crippen LogP contribution in [0.2, 0.25) is 0 Å². The minimum Gasteiger partial charge on any atom is -0.326 e. The van der Waals surface area contributed by atoms with Crippen LogP contribution >= 0.6 is 12.4 Å². The molecule has 2 aromatic rings. The number of anilines is 1. The Balaban J connectivity index is 0.00000264. The van der Waals surface area contributed by atoms with Crippen molar-refractivity contribution in [2.24, 2.45) is 5.73 Å². The zero-order valence-corrected chi connectivity index (χ0v) is 14.7. The SMILES string of the molecule is CC(C)(C)c1ccc(NC(=O)CC(N)c2ccccc2)cc1.Cl. The number of carbonyl (C=O) groups is 1. The predicted molar refractivity (Wildman–Crippen MR) is 99.0 cm³/mol. The monoisotopic (exact) mass is 332 g/mol. The molecule has 0 aliphatic heterocycles. The van der Waals surface area contributed by atoms with Crippen molar-refractivity contribution in [1.29, 1.82) is 0 Å². The molecule has 0 aromatic heterocycles. The number of carbonyl (C=O) groups excluding carboxylic acids is 1. The summed E-state index contributed by atoms with van der Waals surface area (Å²) in [5, 5.41) is 2.90. The first-order valence-electron chi connectivity index (χ1n) is 7.57. The van der Waals surface area contributed by atoms with E-state index in [1.807, 2.05) is 54.6 Å². The third-order valence-corrected chi connectivity index (χ3v) is 3.67. The molecule has 2 rings (SSSR count). The van der Waals surface area contributed by atoms with Crippen molar-refractivity contribution in [3.63, 3.8) is 0 Å². The quantitative estimate of drug-likeness (QED) is 0.870. The lowest BCUT2D eigenvalue weighted by atomic mass is 9.87. The van der Waals surface area contributed by atoms with Crippen LogP contribution in [-0.2, 0) is 10.2 Å². The summed E-state index contributed by atoms with van der Waals surface area (Å²) in [6.45, 7) is 6.50. The maximum atomic E-state index is 12.1. The fourth-order valence-corrected chi connectivity index (χ4v) is 2.28. The van der Waals surface area contributed by atoms with Crippen molar-refractivity contribution in [3.8, 4) is 0 Å². The van der Waals surface area contributed by atoms with E-state index in [1.165, 1.54) is 5.56 Å². The molecule has 0 saturated heterocycles. The van der Waals surface area contributed by atoms with Crippen molar-refractivity contribution in [2.75, 3.05) is 5.32 Å². The first kappa shape index (κ1) is 19.2. The average Bonchev–Trinajstić information content (AvgIpc) is 2.47. The van der Waals surface area contributed by atoms with Crippen LogP contribution in [0.3, 0.4) is 0 Å². The van der Waals surface area contributed by atoms with Gasteiger partial charge in [-0.2, -0.15) is 0 Å². The molecular weight excluding hydrogens is 308 g/mol. The molecule has 0 heterocycles. The summed E-state index contributed by atoms with van der Waals surface area (Å²) in [6.07, 6.45) is 0.269. The molecule has 0 bridgehead atoms. The molecule has 1 atom stereocenters. The van der Waals surface area contributed by atoms with Gasteiger partial charge in [0.25, 0.3) is 0 Å². The number of rotatable bonds is 4. The van der Waals surface area contributed by atoms with Gasteiger partial charge in [-0.1, -0.05) is 63.2 Å². The summed E-state index contributed by atoms with van der Waals surface area (Å²) in [6, 6.07) is 17.4. The minimum absolute atomic E-state index is 0. The largest absolute Gasteiger partial charge is 0.326 e. The van der Waals surface area contributed by atoms with Crippen molar-refractivity contribution in [3.05, 3.63) is 65.7 Å². The number of amides is 1. The molecule has 124 valence electrons. The van der Waals surface area contributed by atoms with Gasteiger partial charge in [0.2, 0.25) is 5.91 Å². The normalized spacial score (nSPS) is 12.2. The molecule has 2 aromatic carbocycles. The molecule has 1 unspecified atom stereocenters. The van der Waals surface area contributed by atoms with Gasteiger partial charge >= 0.3 is 0 Å². The van der Waals surface area contributed by atoms with Gasteiger partial charge in [-0.3, -0.25) is 4.79 Å². The zero-order chi connectivity index (χ0) is 16.2. The Labute approximate surface area is 144 Å². The minimum atomic E-state index is -0.282. The molecule has 3 N–H and O–H groups in total. The highest BCUT2D eigenvalue weighted by Crippen LogP contribution is 2.23. The maximum Gasteiger partial charge on any atom is 0.226 e. The van der Waals surface area contributed by atoms with Gasteiger partial charge in [0.1, 0.15) is 0 Å². The number of benzene rings is 2. The van der Waals surface area contributed by atoms with Crippen LogP contribution in [0.4, 0.5) is 5.69 Å². The highest BCUT2D eigenvalue weighted by atomic mass is 35.5. The van der Waals surface area contributed by atoms with Crippen molar-refractivity contribution < 1.29 is 4.79 Å². The van der Waals surface area contributed by atoms with E-state index in [-0.39, 0.29) is 36.2 Å². The number of hydrogen-bond donors (Lipinski definition) is 2. The fraction of sp³-hybridized carbons (Fsp3) is 0.316. The van der Waals surface area contributed by atoms with E-state index in [4.69, 9.17) is 5.73 Å². The third-order valence-electron chi connectivity index (χ3n) is 3.67. The first-order chi connectivity index (χ1) is 10.4. The average molecular weight is 333 g/mol. The van der Waals surface area contributed by atoms with Crippen LogP contribution in [0, 0.1) is 0 Å². The summed E-state index contributed by atoms with van der Waals surface area (Å²) >= 11 is 0. The van der Waals surface area contributed by atoms with Gasteiger partial charge < -0.3 is 11.1 Å². The molecule has 23 heavy (non-hydrogen) atoms. The highest BCUT2D eigenvalue weighted by molar-refractivity contribution is 5.91. The van der Waals surface area contributed by atoms with Crippen molar-refractivity contribution in [2.45, 2.75) is 38.6 Å². The van der Waals surface area contributed by atoms with Crippen LogP contribution in [-0.4, -0.2) is 5.91 Å². The van der Waals surface area contributed by atoms with Crippen LogP contribution in [0.25, 0.3) is 0 Å². The molecule has 0 aliphatic carbocycles. The summed E-state index contributed by atoms with van der Waals surface area (Å²) in [5.41, 5.74) is 9.20. The number of nitrogens with two attached hydrogens (primary N) is 1. The maximum absolute atomic E-state index is 12.1. The van der Waals surface area contributed by atoms with Crippen LogP contribution in [0.1, 0.15) is 44.4 Å². The second-order valence-electron chi connectivity index (χ2n) is 6.60. The predicted octanol–water partition coefficient (Wildman–Crippen LogP) is 4.43. The van der Waals surface area contributed by atoms with Gasteiger partial charge in [0.15, 0.2) is 0 Å². The van der Waals surface area contributed by atoms with E-state index in [2.05, 4.69) is 26.1 Å². The van der Waals surface area contributed by atoms with E-state index in [0.29, 0.717) is 0 Å². The molecule has 3 nitrogen and oxygen atoms in total. The van der Waals surface area contributed by atoms with E-state index in [9.17, 15) is 4.79 Å².